The van der Waals surface area contributed by atoms with Gasteiger partial charge in [-0.3, -0.25) is 9.36 Å². The number of hydrogen-bond donors (Lipinski definition) is 2. The number of thiazole rings is 1. The Labute approximate surface area is 228 Å². The fraction of sp³-hybridized carbons (Fsp3) is 0.552. The van der Waals surface area contributed by atoms with Crippen LogP contribution in [0.2, 0.25) is 0 Å². The van der Waals surface area contributed by atoms with Crippen LogP contribution < -0.4 is 5.73 Å². The summed E-state index contributed by atoms with van der Waals surface area (Å²) in [6.45, 7) is 9.84. The lowest BCUT2D eigenvalue weighted by atomic mass is 9.74. The second-order valence-electron chi connectivity index (χ2n) is 11.4. The number of aromatic nitrogens is 2. The van der Waals surface area contributed by atoms with Crippen molar-refractivity contribution < 1.29 is 24.2 Å². The molecule has 1 aliphatic carbocycles. The average molecular weight is 542 g/mol. The van der Waals surface area contributed by atoms with Gasteiger partial charge in [0, 0.05) is 29.0 Å². The minimum Gasteiger partial charge on any atom is -0.465 e. The van der Waals surface area contributed by atoms with Crippen LogP contribution in [-0.2, 0) is 19.9 Å². The van der Waals surface area contributed by atoms with Gasteiger partial charge in [-0.2, -0.15) is 0 Å². The highest BCUT2D eigenvalue weighted by Crippen LogP contribution is 2.44. The molecular formula is C29H39N3O5S. The first-order valence-electron chi connectivity index (χ1n) is 13.4. The molecule has 3 N–H and O–H groups in total. The van der Waals surface area contributed by atoms with Crippen molar-refractivity contribution >= 4 is 40.0 Å². The number of anilines is 1. The summed E-state index contributed by atoms with van der Waals surface area (Å²) in [7, 11) is 0. The molecule has 1 saturated carbocycles. The summed E-state index contributed by atoms with van der Waals surface area (Å²) in [5.41, 5.74) is 6.39. The molecule has 0 bridgehead atoms. The zero-order chi connectivity index (χ0) is 27.7. The zero-order valence-electron chi connectivity index (χ0n) is 23.0. The third kappa shape index (κ3) is 6.04. The number of carbonyl (C=O) groups is 2. The normalized spacial score (nSPS) is 19.7. The number of fused-ring (bicyclic) bond motifs is 1. The number of hydrogen-bond acceptors (Lipinski definition) is 8. The molecule has 4 rings (SSSR count). The molecule has 1 fully saturated rings. The highest BCUT2D eigenvalue weighted by Gasteiger charge is 2.40. The van der Waals surface area contributed by atoms with Crippen molar-refractivity contribution in [1.29, 1.82) is 0 Å². The van der Waals surface area contributed by atoms with E-state index in [4.69, 9.17) is 15.2 Å². The maximum absolute atomic E-state index is 12.9. The number of carbonyl (C=O) groups excluding carboxylic acids is 2. The van der Waals surface area contributed by atoms with Gasteiger partial charge in [-0.1, -0.05) is 13.3 Å². The Kier molecular flexibility index (Phi) is 8.18. The van der Waals surface area contributed by atoms with Crippen LogP contribution in [0.3, 0.4) is 0 Å². The van der Waals surface area contributed by atoms with Gasteiger partial charge in [-0.25, -0.2) is 9.78 Å². The number of esters is 1. The van der Waals surface area contributed by atoms with Crippen molar-refractivity contribution in [1.82, 2.24) is 9.55 Å². The van der Waals surface area contributed by atoms with Gasteiger partial charge in [-0.15, -0.1) is 11.3 Å². The van der Waals surface area contributed by atoms with Crippen LogP contribution in [0.5, 0.6) is 0 Å². The van der Waals surface area contributed by atoms with E-state index in [-0.39, 0.29) is 17.8 Å². The monoisotopic (exact) mass is 541 g/mol. The summed E-state index contributed by atoms with van der Waals surface area (Å²) in [5.74, 6) is -0.233. The fourth-order valence-electron chi connectivity index (χ4n) is 5.04. The number of nitrogens with two attached hydrogens (primary N) is 1. The molecule has 1 aliphatic rings. The largest absolute Gasteiger partial charge is 0.465 e. The molecule has 8 nitrogen and oxygen atoms in total. The predicted molar refractivity (Wildman–Crippen MR) is 150 cm³/mol. The molecule has 1 atom stereocenters. The number of aliphatic hydroxyl groups is 1. The van der Waals surface area contributed by atoms with Crippen LogP contribution in [0.25, 0.3) is 21.3 Å². The molecular weight excluding hydrogens is 502 g/mol. The summed E-state index contributed by atoms with van der Waals surface area (Å²) in [4.78, 5) is 30.8. The lowest BCUT2D eigenvalue weighted by Gasteiger charge is -2.36. The first-order chi connectivity index (χ1) is 17.9. The number of benzene rings is 1. The van der Waals surface area contributed by atoms with E-state index in [0.29, 0.717) is 35.7 Å². The zero-order valence-corrected chi connectivity index (χ0v) is 23.8. The second-order valence-corrected chi connectivity index (χ2v) is 12.4. The second kappa shape index (κ2) is 11.1. The van der Waals surface area contributed by atoms with Crippen LogP contribution in [0.4, 0.5) is 10.5 Å². The van der Waals surface area contributed by atoms with Gasteiger partial charge in [0.05, 0.1) is 22.9 Å². The van der Waals surface area contributed by atoms with Crippen LogP contribution in [-0.4, -0.2) is 38.9 Å². The summed E-state index contributed by atoms with van der Waals surface area (Å²) < 4.78 is 12.5. The van der Waals surface area contributed by atoms with E-state index >= 15 is 0 Å². The van der Waals surface area contributed by atoms with E-state index in [0.717, 1.165) is 41.5 Å². The van der Waals surface area contributed by atoms with Gasteiger partial charge in [-0.05, 0) is 83.9 Å². The van der Waals surface area contributed by atoms with Crippen molar-refractivity contribution in [2.75, 3.05) is 12.3 Å². The predicted octanol–water partition coefficient (Wildman–Crippen LogP) is 6.49. The Morgan fingerprint density at radius 1 is 1.18 bits per heavy atom. The summed E-state index contributed by atoms with van der Waals surface area (Å²) in [5, 5.41) is 13.0. The molecule has 0 amide bonds. The molecule has 2 aromatic heterocycles. The van der Waals surface area contributed by atoms with E-state index < -0.39 is 17.3 Å². The van der Waals surface area contributed by atoms with Gasteiger partial charge in [0.25, 0.3) is 0 Å². The SMILES string of the molecule is CCCCOC(=O)[C@H]1CC[C@H](C(C)(O)c2ncc(-c3cn(C(=O)OC(C)(C)C)c4ccc(N)cc34)s2)CC1. The van der Waals surface area contributed by atoms with E-state index in [2.05, 4.69) is 11.9 Å². The number of unbranched alkanes of at least 4 members (excludes halogenated alkanes) is 1. The first-order valence-corrected chi connectivity index (χ1v) is 14.2. The lowest BCUT2D eigenvalue weighted by Crippen LogP contribution is -2.36. The van der Waals surface area contributed by atoms with Crippen molar-refractivity contribution in [2.45, 2.75) is 84.3 Å². The molecule has 1 unspecified atom stereocenters. The van der Waals surface area contributed by atoms with Crippen molar-refractivity contribution in [3.8, 4) is 10.4 Å². The Bertz CT molecular complexity index is 1300. The summed E-state index contributed by atoms with van der Waals surface area (Å²) in [6.07, 6.45) is 7.74. The molecule has 0 aliphatic heterocycles. The Morgan fingerprint density at radius 2 is 1.89 bits per heavy atom. The number of nitrogen functional groups attached to an aromatic ring is 1. The van der Waals surface area contributed by atoms with Gasteiger partial charge in [0.1, 0.15) is 16.2 Å². The fourth-order valence-corrected chi connectivity index (χ4v) is 6.10. The van der Waals surface area contributed by atoms with E-state index in [1.807, 2.05) is 39.8 Å². The summed E-state index contributed by atoms with van der Waals surface area (Å²) in [6, 6.07) is 5.40. The van der Waals surface area contributed by atoms with Crippen molar-refractivity contribution in [3.63, 3.8) is 0 Å². The highest BCUT2D eigenvalue weighted by molar-refractivity contribution is 7.15. The Hall–Kier alpha value is -2.91. The molecule has 3 aromatic rings. The maximum Gasteiger partial charge on any atom is 0.419 e. The smallest absolute Gasteiger partial charge is 0.419 e. The quantitative estimate of drug-likeness (QED) is 0.199. The number of nitrogens with zero attached hydrogens (tertiary/aromatic N) is 2. The van der Waals surface area contributed by atoms with Gasteiger partial charge >= 0.3 is 12.1 Å². The third-order valence-corrected chi connectivity index (χ3v) is 8.48. The van der Waals surface area contributed by atoms with Crippen LogP contribution in [0.15, 0.2) is 30.6 Å². The molecule has 0 spiro atoms. The van der Waals surface area contributed by atoms with E-state index in [1.54, 1.807) is 18.5 Å². The Morgan fingerprint density at radius 3 is 2.55 bits per heavy atom. The molecule has 38 heavy (non-hydrogen) atoms. The molecule has 206 valence electrons. The molecule has 1 aromatic carbocycles. The lowest BCUT2D eigenvalue weighted by molar-refractivity contribution is -0.151. The van der Waals surface area contributed by atoms with Crippen molar-refractivity contribution in [2.24, 2.45) is 11.8 Å². The minimum absolute atomic E-state index is 0.0139. The number of ether oxygens (including phenoxy) is 2. The third-order valence-electron chi connectivity index (χ3n) is 7.22. The topological polar surface area (TPSA) is 117 Å². The van der Waals surface area contributed by atoms with E-state index in [1.165, 1.54) is 15.9 Å². The first kappa shape index (κ1) is 28.1. The number of rotatable bonds is 7. The standard InChI is InChI=1S/C29H39N3O5S/c1-6-7-14-36-25(33)18-8-10-19(11-9-18)29(5,35)26-31-16-24(38-26)22-17-32(27(34)37-28(2,3)4)23-13-12-20(30)15-21(22)23/h12-13,15-19,35H,6-11,14,30H2,1-5H3/t18-,19-,29?. The van der Waals surface area contributed by atoms with Crippen LogP contribution >= 0.6 is 11.3 Å². The summed E-state index contributed by atoms with van der Waals surface area (Å²) >= 11 is 1.41. The molecule has 0 saturated heterocycles. The van der Waals surface area contributed by atoms with Crippen LogP contribution in [0.1, 0.15) is 78.2 Å². The van der Waals surface area contributed by atoms with E-state index in [9.17, 15) is 14.7 Å². The van der Waals surface area contributed by atoms with Crippen molar-refractivity contribution in [3.05, 3.63) is 35.6 Å². The van der Waals surface area contributed by atoms with Crippen LogP contribution in [0, 0.1) is 11.8 Å². The van der Waals surface area contributed by atoms with Gasteiger partial charge in [0.15, 0.2) is 0 Å². The van der Waals surface area contributed by atoms with Gasteiger partial charge < -0.3 is 20.3 Å². The molecule has 9 heteroatoms. The average Bonchev–Trinajstić information content (AvgIpc) is 3.48. The van der Waals surface area contributed by atoms with Gasteiger partial charge in [0.2, 0.25) is 0 Å². The minimum atomic E-state index is -1.14. The molecule has 0 radical (unpaired) electrons. The molecule has 2 heterocycles. The maximum atomic E-state index is 12.9. The Balaban J connectivity index is 1.55. The highest BCUT2D eigenvalue weighted by atomic mass is 32.1.